The van der Waals surface area contributed by atoms with E-state index in [2.05, 4.69) is 28.1 Å². The fourth-order valence-electron chi connectivity index (χ4n) is 2.80. The Balaban J connectivity index is 1.61. The van der Waals surface area contributed by atoms with Gasteiger partial charge < -0.3 is 5.32 Å². The molecule has 1 heterocycles. The minimum Gasteiger partial charge on any atom is -0.335 e. The van der Waals surface area contributed by atoms with Crippen LogP contribution < -0.4 is 10.2 Å². The number of carbonyl (C=O) groups is 2. The zero-order chi connectivity index (χ0) is 16.2. The van der Waals surface area contributed by atoms with E-state index in [4.69, 9.17) is 0 Å². The predicted molar refractivity (Wildman–Crippen MR) is 92.0 cm³/mol. The second kappa shape index (κ2) is 7.06. The molecule has 2 aromatic rings. The number of amides is 2. The van der Waals surface area contributed by atoms with Crippen molar-refractivity contribution in [1.29, 1.82) is 0 Å². The van der Waals surface area contributed by atoms with Gasteiger partial charge in [0.25, 0.3) is 5.91 Å². The third kappa shape index (κ3) is 3.68. The maximum Gasteiger partial charge on any atom is 0.292 e. The van der Waals surface area contributed by atoms with Crippen LogP contribution in [-0.2, 0) is 16.0 Å². The first kappa shape index (κ1) is 15.9. The molecule has 5 heteroatoms. The van der Waals surface area contributed by atoms with E-state index >= 15 is 0 Å². The van der Waals surface area contributed by atoms with Gasteiger partial charge in [0.05, 0.1) is 18.7 Å². The van der Waals surface area contributed by atoms with E-state index in [0.717, 1.165) is 17.4 Å². The molecule has 2 N–H and O–H groups in total. The summed E-state index contributed by atoms with van der Waals surface area (Å²) in [5, 5.41) is 1.98. The van der Waals surface area contributed by atoms with Crippen LogP contribution in [0.4, 0.5) is 5.69 Å². The van der Waals surface area contributed by atoms with Crippen molar-refractivity contribution in [2.75, 3.05) is 11.4 Å². The number of carbonyl (C=O) groups excluding carboxylic acids is 2. The monoisotopic (exact) mass is 373 g/mol. The minimum absolute atomic E-state index is 0.120. The molecule has 0 radical (unpaired) electrons. The summed E-state index contributed by atoms with van der Waals surface area (Å²) in [4.78, 5) is 26.0. The van der Waals surface area contributed by atoms with Crippen molar-refractivity contribution in [3.8, 4) is 0 Å². The van der Waals surface area contributed by atoms with Gasteiger partial charge in [0.1, 0.15) is 0 Å². The number of hydrogen-bond donors (Lipinski definition) is 1. The Morgan fingerprint density at radius 1 is 1.04 bits per heavy atom. The first-order chi connectivity index (χ1) is 11.1. The molecule has 1 aliphatic heterocycles. The van der Waals surface area contributed by atoms with Crippen LogP contribution in [0.5, 0.6) is 0 Å². The van der Waals surface area contributed by atoms with Gasteiger partial charge in [-0.2, -0.15) is 0 Å². The molecule has 1 fully saturated rings. The Labute approximate surface area is 143 Å². The van der Waals surface area contributed by atoms with Crippen LogP contribution in [0.3, 0.4) is 0 Å². The number of rotatable bonds is 5. The molecule has 0 aromatic heterocycles. The number of benzene rings is 2. The van der Waals surface area contributed by atoms with Crippen LogP contribution in [0.1, 0.15) is 12.0 Å². The quantitative estimate of drug-likeness (QED) is 0.813. The molecule has 0 aliphatic carbocycles. The zero-order valence-corrected chi connectivity index (χ0v) is 14.2. The standard InChI is InChI=1S/C18H17BrN2O2/c19-14-6-8-15(9-7-14)21-17(22)12-16(18(21)23)20-11-10-13-4-2-1-3-5-13/h1-9,16,20H,10-12H2/p+1. The van der Waals surface area contributed by atoms with Gasteiger partial charge in [-0.05, 0) is 29.8 Å². The topological polar surface area (TPSA) is 54.0 Å². The van der Waals surface area contributed by atoms with Gasteiger partial charge in [0, 0.05) is 10.9 Å². The number of halogens is 1. The Morgan fingerprint density at radius 2 is 1.74 bits per heavy atom. The lowest BCUT2D eigenvalue weighted by Gasteiger charge is -2.14. The summed E-state index contributed by atoms with van der Waals surface area (Å²) in [6.07, 6.45) is 1.15. The van der Waals surface area contributed by atoms with Gasteiger partial charge in [-0.25, -0.2) is 4.90 Å². The van der Waals surface area contributed by atoms with E-state index in [9.17, 15) is 9.59 Å². The molecule has 2 aromatic carbocycles. The summed E-state index contributed by atoms with van der Waals surface area (Å²) in [5.74, 6) is -0.247. The molecule has 23 heavy (non-hydrogen) atoms. The smallest absolute Gasteiger partial charge is 0.292 e. The summed E-state index contributed by atoms with van der Waals surface area (Å²) in [6, 6.07) is 17.1. The van der Waals surface area contributed by atoms with Crippen LogP contribution in [-0.4, -0.2) is 24.4 Å². The lowest BCUT2D eigenvalue weighted by molar-refractivity contribution is -0.674. The van der Waals surface area contributed by atoms with Crippen LogP contribution in [0.2, 0.25) is 0 Å². The van der Waals surface area contributed by atoms with Gasteiger partial charge in [-0.3, -0.25) is 9.59 Å². The summed E-state index contributed by atoms with van der Waals surface area (Å²) in [7, 11) is 0. The average molecular weight is 374 g/mol. The van der Waals surface area contributed by atoms with Crippen molar-refractivity contribution in [2.45, 2.75) is 18.9 Å². The van der Waals surface area contributed by atoms with E-state index in [1.165, 1.54) is 10.5 Å². The van der Waals surface area contributed by atoms with Crippen LogP contribution in [0.25, 0.3) is 0 Å². The molecule has 1 saturated heterocycles. The zero-order valence-electron chi connectivity index (χ0n) is 12.6. The fraction of sp³-hybridized carbons (Fsp3) is 0.222. The van der Waals surface area contributed by atoms with Gasteiger partial charge in [-0.15, -0.1) is 0 Å². The largest absolute Gasteiger partial charge is 0.335 e. The molecule has 0 bridgehead atoms. The molecular formula is C18H18BrN2O2+. The van der Waals surface area contributed by atoms with E-state index < -0.39 is 0 Å². The second-order valence-corrected chi connectivity index (χ2v) is 6.53. The Hall–Kier alpha value is -1.98. The number of nitrogens with two attached hydrogens (primary N) is 1. The van der Waals surface area contributed by atoms with Crippen LogP contribution in [0, 0.1) is 0 Å². The summed E-state index contributed by atoms with van der Waals surface area (Å²) < 4.78 is 0.923. The normalized spacial score (nSPS) is 17.8. The SMILES string of the molecule is O=C1CC([NH2+]CCc2ccccc2)C(=O)N1c1ccc(Br)cc1. The number of quaternary nitrogens is 1. The van der Waals surface area contributed by atoms with E-state index in [-0.39, 0.29) is 24.3 Å². The third-order valence-electron chi connectivity index (χ3n) is 3.99. The van der Waals surface area contributed by atoms with Crippen molar-refractivity contribution in [2.24, 2.45) is 0 Å². The minimum atomic E-state index is -0.310. The Morgan fingerprint density at radius 3 is 2.43 bits per heavy atom. The van der Waals surface area contributed by atoms with E-state index in [0.29, 0.717) is 5.69 Å². The van der Waals surface area contributed by atoms with E-state index in [1.807, 2.05) is 35.6 Å². The van der Waals surface area contributed by atoms with Gasteiger partial charge in [0.2, 0.25) is 5.91 Å². The Kier molecular flexibility index (Phi) is 4.88. The number of hydrogen-bond acceptors (Lipinski definition) is 2. The van der Waals surface area contributed by atoms with Gasteiger partial charge >= 0.3 is 0 Å². The maximum atomic E-state index is 12.5. The fourth-order valence-corrected chi connectivity index (χ4v) is 3.06. The van der Waals surface area contributed by atoms with E-state index in [1.54, 1.807) is 12.1 Å². The molecule has 3 rings (SSSR count). The lowest BCUT2D eigenvalue weighted by atomic mass is 10.1. The van der Waals surface area contributed by atoms with Crippen molar-refractivity contribution >= 4 is 33.4 Å². The number of anilines is 1. The second-order valence-electron chi connectivity index (χ2n) is 5.61. The molecule has 1 atom stereocenters. The number of imide groups is 1. The third-order valence-corrected chi connectivity index (χ3v) is 4.52. The summed E-state index contributed by atoms with van der Waals surface area (Å²) in [6.45, 7) is 0.794. The van der Waals surface area contributed by atoms with Crippen molar-refractivity contribution < 1.29 is 14.9 Å². The van der Waals surface area contributed by atoms with Crippen molar-refractivity contribution in [1.82, 2.24) is 0 Å². The first-order valence-electron chi connectivity index (χ1n) is 7.65. The van der Waals surface area contributed by atoms with Gasteiger partial charge in [0.15, 0.2) is 6.04 Å². The maximum absolute atomic E-state index is 12.5. The highest BCUT2D eigenvalue weighted by molar-refractivity contribution is 9.10. The molecule has 1 unspecified atom stereocenters. The highest BCUT2D eigenvalue weighted by Crippen LogP contribution is 2.23. The van der Waals surface area contributed by atoms with Crippen molar-refractivity contribution in [3.05, 3.63) is 64.6 Å². The van der Waals surface area contributed by atoms with Crippen LogP contribution in [0.15, 0.2) is 59.1 Å². The molecular weight excluding hydrogens is 356 g/mol. The molecule has 2 amide bonds. The number of nitrogens with zero attached hydrogens (tertiary/aromatic N) is 1. The van der Waals surface area contributed by atoms with Crippen molar-refractivity contribution in [3.63, 3.8) is 0 Å². The molecule has 1 aliphatic rings. The highest BCUT2D eigenvalue weighted by atomic mass is 79.9. The molecule has 0 saturated carbocycles. The highest BCUT2D eigenvalue weighted by Gasteiger charge is 2.41. The van der Waals surface area contributed by atoms with Crippen LogP contribution >= 0.6 is 15.9 Å². The predicted octanol–water partition coefficient (Wildman–Crippen LogP) is 1.89. The first-order valence-corrected chi connectivity index (χ1v) is 8.44. The average Bonchev–Trinajstić information content (AvgIpc) is 2.84. The lowest BCUT2D eigenvalue weighted by Crippen LogP contribution is -2.92. The summed E-state index contributed by atoms with van der Waals surface area (Å²) >= 11 is 3.36. The molecule has 118 valence electrons. The molecule has 0 spiro atoms. The molecule has 4 nitrogen and oxygen atoms in total. The Bertz CT molecular complexity index is 701. The summed E-state index contributed by atoms with van der Waals surface area (Å²) in [5.41, 5.74) is 1.88. The van der Waals surface area contributed by atoms with Gasteiger partial charge in [-0.1, -0.05) is 46.3 Å².